The van der Waals surface area contributed by atoms with Crippen LogP contribution in [0.15, 0.2) is 36.4 Å². The van der Waals surface area contributed by atoms with Gasteiger partial charge in [-0.05, 0) is 73.7 Å². The molecule has 2 fully saturated rings. The van der Waals surface area contributed by atoms with Gasteiger partial charge in [0.05, 0.1) is 10.4 Å². The Morgan fingerprint density at radius 3 is 2.39 bits per heavy atom. The van der Waals surface area contributed by atoms with E-state index in [1.54, 1.807) is 6.07 Å². The highest BCUT2D eigenvalue weighted by Gasteiger charge is 2.50. The Labute approximate surface area is 183 Å². The fourth-order valence-electron chi connectivity index (χ4n) is 4.88. The van der Waals surface area contributed by atoms with E-state index in [1.807, 2.05) is 0 Å². The summed E-state index contributed by atoms with van der Waals surface area (Å²) in [5.41, 5.74) is 0.118. The van der Waals surface area contributed by atoms with Gasteiger partial charge < -0.3 is 0 Å². The average molecular weight is 451 g/mol. The summed E-state index contributed by atoms with van der Waals surface area (Å²) in [7, 11) is 0. The van der Waals surface area contributed by atoms with Crippen LogP contribution in [0.5, 0.6) is 0 Å². The lowest BCUT2D eigenvalue weighted by atomic mass is 9.62. The zero-order valence-corrected chi connectivity index (χ0v) is 17.5. The number of amides is 2. The minimum absolute atomic E-state index is 0.0776. The van der Waals surface area contributed by atoms with E-state index in [1.165, 1.54) is 18.2 Å². The van der Waals surface area contributed by atoms with Crippen LogP contribution in [0.1, 0.15) is 36.8 Å². The Hall–Kier alpha value is -2.38. The number of hydrogen-bond acceptors (Lipinski definition) is 3. The quantitative estimate of drug-likeness (QED) is 0.705. The van der Waals surface area contributed by atoms with Crippen LogP contribution in [0.4, 0.5) is 13.2 Å². The smallest absolute Gasteiger partial charge is 0.237 e. The van der Waals surface area contributed by atoms with Crippen molar-refractivity contribution in [3.05, 3.63) is 70.0 Å². The first-order chi connectivity index (χ1) is 14.8. The summed E-state index contributed by atoms with van der Waals surface area (Å²) < 4.78 is 41.3. The number of halogens is 4. The van der Waals surface area contributed by atoms with Crippen molar-refractivity contribution in [3.8, 4) is 0 Å². The lowest BCUT2D eigenvalue weighted by Crippen LogP contribution is -2.57. The lowest BCUT2D eigenvalue weighted by molar-refractivity contribution is -0.140. The summed E-state index contributed by atoms with van der Waals surface area (Å²) in [6.45, 7) is 1.85. The average Bonchev–Trinajstić information content (AvgIpc) is 2.74. The fourth-order valence-corrected chi connectivity index (χ4v) is 5.00. The maximum atomic E-state index is 14.0. The Balaban J connectivity index is 1.55. The minimum Gasteiger partial charge on any atom is -0.299 e. The van der Waals surface area contributed by atoms with Gasteiger partial charge in [-0.1, -0.05) is 23.7 Å². The molecule has 164 valence electrons. The van der Waals surface area contributed by atoms with Gasteiger partial charge >= 0.3 is 0 Å². The van der Waals surface area contributed by atoms with E-state index >= 15 is 0 Å². The predicted octanol–water partition coefficient (Wildman–Crippen LogP) is 4.34. The molecular weight excluding hydrogens is 429 g/mol. The van der Waals surface area contributed by atoms with Gasteiger partial charge in [0.2, 0.25) is 11.8 Å². The van der Waals surface area contributed by atoms with Crippen molar-refractivity contribution in [2.45, 2.75) is 37.6 Å². The first-order valence-electron chi connectivity index (χ1n) is 10.3. The summed E-state index contributed by atoms with van der Waals surface area (Å²) in [4.78, 5) is 27.0. The molecule has 0 unspecified atom stereocenters. The Kier molecular flexibility index (Phi) is 6.08. The number of rotatable bonds is 4. The van der Waals surface area contributed by atoms with E-state index in [2.05, 4.69) is 10.2 Å². The molecule has 0 radical (unpaired) electrons. The third-order valence-electron chi connectivity index (χ3n) is 6.51. The van der Waals surface area contributed by atoms with Crippen molar-refractivity contribution < 1.29 is 22.8 Å². The second kappa shape index (κ2) is 8.63. The van der Waals surface area contributed by atoms with Gasteiger partial charge in [0.1, 0.15) is 5.82 Å². The van der Waals surface area contributed by atoms with Gasteiger partial charge in [0.15, 0.2) is 11.6 Å². The van der Waals surface area contributed by atoms with Gasteiger partial charge in [-0.2, -0.15) is 0 Å². The molecule has 1 N–H and O–H groups in total. The molecule has 1 atom stereocenters. The second-order valence-corrected chi connectivity index (χ2v) is 8.68. The molecule has 2 aromatic rings. The normalized spacial score (nSPS) is 23.1. The van der Waals surface area contributed by atoms with Crippen LogP contribution >= 0.6 is 11.6 Å². The molecular formula is C23H22ClF3N2O2. The van der Waals surface area contributed by atoms with Crippen LogP contribution < -0.4 is 5.32 Å². The van der Waals surface area contributed by atoms with Crippen molar-refractivity contribution in [2.75, 3.05) is 13.1 Å². The standard InChI is InChI=1S/C23H22ClF3N2O2/c24-17-3-1-14(11-19(17)26)13-29-9-6-15(7-10-29)23(8-5-21(30)28-22(23)31)16-2-4-18(25)20(27)12-16/h1-4,11-12,15H,5-10,13H2,(H,28,30,31)/t23-/m0/s1. The van der Waals surface area contributed by atoms with Crippen LogP contribution in [0.3, 0.4) is 0 Å². The highest BCUT2D eigenvalue weighted by molar-refractivity contribution is 6.30. The highest BCUT2D eigenvalue weighted by atomic mass is 35.5. The molecule has 2 amide bonds. The zero-order valence-electron chi connectivity index (χ0n) is 16.8. The molecule has 2 aliphatic heterocycles. The molecule has 4 nitrogen and oxygen atoms in total. The monoisotopic (exact) mass is 450 g/mol. The highest BCUT2D eigenvalue weighted by Crippen LogP contribution is 2.44. The van der Waals surface area contributed by atoms with Crippen molar-refractivity contribution in [1.29, 1.82) is 0 Å². The molecule has 8 heteroatoms. The molecule has 2 saturated heterocycles. The molecule has 0 spiro atoms. The second-order valence-electron chi connectivity index (χ2n) is 8.28. The van der Waals surface area contributed by atoms with Crippen molar-refractivity contribution >= 4 is 23.4 Å². The number of benzene rings is 2. The molecule has 0 saturated carbocycles. The Morgan fingerprint density at radius 2 is 1.74 bits per heavy atom. The third-order valence-corrected chi connectivity index (χ3v) is 6.82. The number of hydrogen-bond donors (Lipinski definition) is 1. The van der Waals surface area contributed by atoms with Crippen molar-refractivity contribution in [1.82, 2.24) is 10.2 Å². The molecule has 4 rings (SSSR count). The number of nitrogens with zero attached hydrogens (tertiary/aromatic N) is 1. The van der Waals surface area contributed by atoms with Crippen LogP contribution in [-0.4, -0.2) is 29.8 Å². The van der Waals surface area contributed by atoms with Gasteiger partial charge in [-0.15, -0.1) is 0 Å². The van der Waals surface area contributed by atoms with Gasteiger partial charge in [-0.25, -0.2) is 13.2 Å². The number of likely N-dealkylation sites (tertiary alicyclic amines) is 1. The van der Waals surface area contributed by atoms with E-state index in [-0.39, 0.29) is 29.7 Å². The van der Waals surface area contributed by atoms with Gasteiger partial charge in [0.25, 0.3) is 0 Å². The van der Waals surface area contributed by atoms with E-state index in [0.717, 1.165) is 17.7 Å². The number of imide groups is 1. The van der Waals surface area contributed by atoms with Crippen molar-refractivity contribution in [3.63, 3.8) is 0 Å². The fraction of sp³-hybridized carbons (Fsp3) is 0.391. The third kappa shape index (κ3) is 4.21. The first kappa shape index (κ1) is 21.8. The molecule has 0 aliphatic carbocycles. The van der Waals surface area contributed by atoms with Gasteiger partial charge in [0, 0.05) is 13.0 Å². The SMILES string of the molecule is O=C1CC[C@@](c2ccc(F)c(F)c2)(C2CCN(Cc3ccc(Cl)c(F)c3)CC2)C(=O)N1. The van der Waals surface area contributed by atoms with Crippen molar-refractivity contribution in [2.24, 2.45) is 5.92 Å². The van der Waals surface area contributed by atoms with Crippen LogP contribution in [0.2, 0.25) is 5.02 Å². The van der Waals surface area contributed by atoms with E-state index in [0.29, 0.717) is 38.0 Å². The summed E-state index contributed by atoms with van der Waals surface area (Å²) in [6.07, 6.45) is 1.68. The summed E-state index contributed by atoms with van der Waals surface area (Å²) in [5, 5.41) is 2.48. The predicted molar refractivity (Wildman–Crippen MR) is 110 cm³/mol. The summed E-state index contributed by atoms with van der Waals surface area (Å²) in [5.74, 6) is -3.39. The van der Waals surface area contributed by atoms with E-state index in [4.69, 9.17) is 11.6 Å². The summed E-state index contributed by atoms with van der Waals surface area (Å²) >= 11 is 5.75. The molecule has 2 aromatic carbocycles. The molecule has 2 heterocycles. The zero-order chi connectivity index (χ0) is 22.2. The number of nitrogens with one attached hydrogen (secondary N) is 1. The maximum absolute atomic E-state index is 14.0. The van der Waals surface area contributed by atoms with E-state index < -0.39 is 28.8 Å². The number of carbonyl (C=O) groups excluding carboxylic acids is 2. The molecule has 0 bridgehead atoms. The van der Waals surface area contributed by atoms with E-state index in [9.17, 15) is 22.8 Å². The number of piperidine rings is 2. The van der Waals surface area contributed by atoms with Crippen LogP contribution in [0, 0.1) is 23.4 Å². The molecule has 31 heavy (non-hydrogen) atoms. The molecule has 2 aliphatic rings. The first-order valence-corrected chi connectivity index (χ1v) is 10.6. The Bertz CT molecular complexity index is 1020. The number of carbonyl (C=O) groups is 2. The largest absolute Gasteiger partial charge is 0.299 e. The topological polar surface area (TPSA) is 49.4 Å². The lowest BCUT2D eigenvalue weighted by Gasteiger charge is -2.45. The Morgan fingerprint density at radius 1 is 1.00 bits per heavy atom. The molecule has 0 aromatic heterocycles. The van der Waals surface area contributed by atoms with Crippen LogP contribution in [0.25, 0.3) is 0 Å². The van der Waals surface area contributed by atoms with Crippen LogP contribution in [-0.2, 0) is 21.5 Å². The minimum atomic E-state index is -1.08. The van der Waals surface area contributed by atoms with Gasteiger partial charge in [-0.3, -0.25) is 19.8 Å². The summed E-state index contributed by atoms with van der Waals surface area (Å²) in [6, 6.07) is 8.27. The maximum Gasteiger partial charge on any atom is 0.237 e.